The summed E-state index contributed by atoms with van der Waals surface area (Å²) in [6.45, 7) is 22.6. The molecule has 8 N–H and O–H groups in total. The second-order valence-electron chi connectivity index (χ2n) is 32.0. The summed E-state index contributed by atoms with van der Waals surface area (Å²) >= 11 is 0. The van der Waals surface area contributed by atoms with Crippen molar-refractivity contribution in [3.8, 4) is 68.5 Å². The summed E-state index contributed by atoms with van der Waals surface area (Å²) in [5, 5.41) is 73.5. The molecule has 10 aromatic heterocycles. The number of aryl methyl sites for hydroxylation is 4. The Balaban J connectivity index is 0.000000154. The van der Waals surface area contributed by atoms with Crippen molar-refractivity contribution in [2.24, 2.45) is 21.1 Å². The van der Waals surface area contributed by atoms with Gasteiger partial charge in [-0.25, -0.2) is 49.1 Å². The summed E-state index contributed by atoms with van der Waals surface area (Å²) in [7, 11) is 17.5. The molecule has 2 aromatic carbocycles. The molecule has 0 aliphatic carbocycles. The van der Waals surface area contributed by atoms with E-state index in [-0.39, 0.29) is 71.1 Å². The van der Waals surface area contributed by atoms with Gasteiger partial charge in [0.25, 0.3) is 23.6 Å². The van der Waals surface area contributed by atoms with Gasteiger partial charge in [0.1, 0.15) is 25.3 Å². The van der Waals surface area contributed by atoms with Crippen molar-refractivity contribution in [1.82, 2.24) is 151 Å². The Morgan fingerprint density at radius 1 is 0.336 bits per heavy atom. The smallest absolute Gasteiger partial charge is 0.326 e. The monoisotopic (exact) mass is 1880 g/mol. The standard InChI is InChI=1S/C23H29N9O3.C22H27N9O3.2C21H26N10O3/c1-6-30-13-25-21(29-30)15-8-7-9-16(20(15)35-5)26-17-12-18(27-28-19(17)22(33)24-4)32-11-10-31(14(2)3)23(32)34;1-13(2)30-9-10-31(22(30)33)17-11-16(18(27-26-17)21(32)23-3)25-15-8-6-7-14(19(15)34-5)20-24-12-29(4)28-20;2*1-12(2)30-8-9-31(21(30)33)15-10-14(16(27-26-15)20(32)22-3)25-19-17(34-5)13(6-7-23-19)18-24-11-29(4)28-18/h7-9,12-14H,6,10-11H2,1-5H3,(H,24,33)(H,26,27);6-8,11-13H,9-10H2,1-5H3,(H,23,32)(H,25,26);2*6-7,10-12H,8-9H2,1-5H3,(H,22,32)(H,23,25,26). The topological polar surface area (TPSA) is 547 Å². The van der Waals surface area contributed by atoms with Gasteiger partial charge < -0.3 is 81.1 Å². The van der Waals surface area contributed by atoms with E-state index in [1.54, 1.807) is 164 Å². The molecule has 4 fully saturated rings. The third kappa shape index (κ3) is 21.2. The predicted octanol–water partition coefficient (Wildman–Crippen LogP) is 7.41. The fourth-order valence-corrected chi connectivity index (χ4v) is 15.0. The normalized spacial score (nSPS) is 13.5. The van der Waals surface area contributed by atoms with E-state index in [1.807, 2.05) is 92.6 Å². The molecule has 16 rings (SSSR count). The Hall–Kier alpha value is -17.0. The first-order valence-electron chi connectivity index (χ1n) is 43.6. The fourth-order valence-electron chi connectivity index (χ4n) is 15.0. The van der Waals surface area contributed by atoms with Crippen LogP contribution in [-0.2, 0) is 27.7 Å². The first-order valence-corrected chi connectivity index (χ1v) is 43.6. The largest absolute Gasteiger partial charge is 0.494 e. The van der Waals surface area contributed by atoms with Crippen molar-refractivity contribution in [3.63, 3.8) is 0 Å². The second kappa shape index (κ2) is 43.1. The van der Waals surface area contributed by atoms with Crippen LogP contribution in [0, 0.1) is 0 Å². The van der Waals surface area contributed by atoms with Crippen LogP contribution in [0.25, 0.3) is 45.6 Å². The zero-order valence-electron chi connectivity index (χ0n) is 79.4. The molecule has 12 amide bonds. The number of nitrogens with one attached hydrogen (secondary N) is 8. The van der Waals surface area contributed by atoms with E-state index in [1.165, 1.54) is 52.2 Å². The Morgan fingerprint density at radius 3 is 0.847 bits per heavy atom. The number of pyridine rings is 2. The molecule has 12 aromatic rings. The number of amides is 12. The third-order valence-corrected chi connectivity index (χ3v) is 22.0. The highest BCUT2D eigenvalue weighted by atomic mass is 16.5. The third-order valence-electron chi connectivity index (χ3n) is 22.0. The number of para-hydroxylation sites is 2. The molecule has 14 heterocycles. The molecule has 0 radical (unpaired) electrons. The van der Waals surface area contributed by atoms with Crippen LogP contribution in [0.5, 0.6) is 23.0 Å². The van der Waals surface area contributed by atoms with E-state index in [9.17, 15) is 38.4 Å². The minimum absolute atomic E-state index is 0.0452. The van der Waals surface area contributed by atoms with Crippen molar-refractivity contribution in [2.45, 2.75) is 93.0 Å². The molecule has 4 aliphatic heterocycles. The molecule has 137 heavy (non-hydrogen) atoms. The number of anilines is 12. The van der Waals surface area contributed by atoms with Crippen molar-refractivity contribution in [1.29, 1.82) is 0 Å². The summed E-state index contributed by atoms with van der Waals surface area (Å²) in [6.07, 6.45) is 9.58. The maximum atomic E-state index is 12.9. The highest BCUT2D eigenvalue weighted by Gasteiger charge is 2.39. The number of hydrogen-bond donors (Lipinski definition) is 8. The van der Waals surface area contributed by atoms with Gasteiger partial charge >= 0.3 is 24.1 Å². The van der Waals surface area contributed by atoms with Crippen LogP contribution in [0.15, 0.2) is 110 Å². The Kier molecular flexibility index (Phi) is 30.7. The lowest BCUT2D eigenvalue weighted by Crippen LogP contribution is -2.36. The van der Waals surface area contributed by atoms with E-state index in [2.05, 4.69) is 134 Å². The number of rotatable bonds is 29. The number of aromatic nitrogens is 22. The minimum atomic E-state index is -0.445. The Labute approximate surface area is 787 Å². The van der Waals surface area contributed by atoms with Crippen LogP contribution in [0.3, 0.4) is 0 Å². The first kappa shape index (κ1) is 97.5. The number of urea groups is 4. The number of hydrogen-bond acceptors (Lipinski definition) is 34. The Bertz CT molecular complexity index is 5980. The number of carbonyl (C=O) groups excluding carboxylic acids is 8. The average molecular weight is 1880 g/mol. The van der Waals surface area contributed by atoms with Gasteiger partial charge in [0, 0.05) is 169 Å². The molecule has 4 saturated heterocycles. The molecule has 4 aliphatic rings. The SMILES string of the molecule is CCn1cnc(-c2cccc(Nc3cc(N4CCN(C(C)C)C4=O)nnc3C(=O)NC)c2OC)n1.CNC(=O)c1nnc(N2CCN(C(C)C)C2=O)cc1Nc1cccc(-c2ncn(C)n2)c1OC.CNC(=O)c1nnc(N2CCN(C(C)C)C2=O)cc1Nc1nccc(-c2ncn(C)n2)c1OC.CNC(=O)c1nnc(N2CCN(C(C)C)C2=O)cc1Nc1nccc(-c2ncn(C)n2)c1OC. The van der Waals surface area contributed by atoms with Crippen LogP contribution < -0.4 is 81.1 Å². The van der Waals surface area contributed by atoms with Gasteiger partial charge in [-0.3, -0.25) is 57.5 Å². The van der Waals surface area contributed by atoms with Gasteiger partial charge in [-0.15, -0.1) is 40.8 Å². The number of carbonyl (C=O) groups is 8. The summed E-state index contributed by atoms with van der Waals surface area (Å²) in [5.41, 5.74) is 5.42. The van der Waals surface area contributed by atoms with Crippen molar-refractivity contribution in [3.05, 3.63) is 133 Å². The minimum Gasteiger partial charge on any atom is -0.494 e. The van der Waals surface area contributed by atoms with Crippen LogP contribution in [0.2, 0.25) is 0 Å². The van der Waals surface area contributed by atoms with Crippen LogP contribution in [-0.4, -0.2) is 310 Å². The molecule has 0 saturated carbocycles. The molecule has 50 nitrogen and oxygen atoms in total. The fraction of sp³-hybridized carbons (Fsp3) is 0.379. The van der Waals surface area contributed by atoms with Gasteiger partial charge in [-0.1, -0.05) is 12.1 Å². The Morgan fingerprint density at radius 2 is 0.606 bits per heavy atom. The molecular formula is C87H108N38O12. The second-order valence-corrected chi connectivity index (χ2v) is 32.0. The lowest BCUT2D eigenvalue weighted by Gasteiger charge is -2.21. The van der Waals surface area contributed by atoms with E-state index < -0.39 is 23.6 Å². The highest BCUT2D eigenvalue weighted by molar-refractivity contribution is 6.04. The molecular weight excluding hydrogens is 1770 g/mol. The zero-order chi connectivity index (χ0) is 98.3. The number of benzene rings is 2. The summed E-state index contributed by atoms with van der Waals surface area (Å²) in [5.74, 6) is 4.00. The lowest BCUT2D eigenvalue weighted by atomic mass is 10.1. The van der Waals surface area contributed by atoms with Crippen LogP contribution in [0.4, 0.5) is 88.2 Å². The quantitative estimate of drug-likeness (QED) is 0.0226. The van der Waals surface area contributed by atoms with Crippen molar-refractivity contribution >= 4 is 117 Å². The molecule has 0 bridgehead atoms. The maximum Gasteiger partial charge on any atom is 0.326 e. The van der Waals surface area contributed by atoms with Gasteiger partial charge in [0.15, 0.2) is 104 Å². The van der Waals surface area contributed by atoms with Crippen LogP contribution in [0.1, 0.15) is 104 Å². The number of methoxy groups -OCH3 is 4. The van der Waals surface area contributed by atoms with Crippen LogP contribution >= 0.6 is 0 Å². The molecule has 0 spiro atoms. The molecule has 718 valence electrons. The van der Waals surface area contributed by atoms with Gasteiger partial charge in [-0.05, 0) is 98.7 Å². The average Bonchev–Trinajstić information content (AvgIpc) is 1.78. The van der Waals surface area contributed by atoms with Crippen molar-refractivity contribution in [2.75, 3.05) is 150 Å². The van der Waals surface area contributed by atoms with E-state index in [4.69, 9.17) is 18.9 Å². The first-order chi connectivity index (χ1) is 65.9. The summed E-state index contributed by atoms with van der Waals surface area (Å²) in [6, 6.07) is 20.6. The van der Waals surface area contributed by atoms with E-state index in [0.717, 1.165) is 0 Å². The predicted molar refractivity (Wildman–Crippen MR) is 505 cm³/mol. The van der Waals surface area contributed by atoms with Gasteiger partial charge in [-0.2, -0.15) is 20.4 Å². The summed E-state index contributed by atoms with van der Waals surface area (Å²) in [4.78, 5) is 141. The maximum absolute atomic E-state index is 12.9. The lowest BCUT2D eigenvalue weighted by molar-refractivity contribution is 0.0950. The van der Waals surface area contributed by atoms with E-state index >= 15 is 0 Å². The molecule has 0 atom stereocenters. The number of ether oxygens (including phenoxy) is 4. The number of nitrogens with zero attached hydrogens (tertiary/aromatic N) is 30. The van der Waals surface area contributed by atoms with Crippen molar-refractivity contribution < 1.29 is 57.3 Å². The van der Waals surface area contributed by atoms with Gasteiger partial charge in [0.05, 0.1) is 84.8 Å². The van der Waals surface area contributed by atoms with Gasteiger partial charge in [0.2, 0.25) is 0 Å². The van der Waals surface area contributed by atoms with E-state index in [0.29, 0.717) is 196 Å². The zero-order valence-corrected chi connectivity index (χ0v) is 79.4. The molecule has 50 heteroatoms. The highest BCUT2D eigenvalue weighted by Crippen LogP contribution is 2.43. The summed E-state index contributed by atoms with van der Waals surface area (Å²) < 4.78 is 29.1. The molecule has 0 unspecified atom stereocenters.